The summed E-state index contributed by atoms with van der Waals surface area (Å²) in [6.45, 7) is 4.00. The SMILES string of the molecule is CSC1CCCCC1Nc1cc(OC(C)C)ncn1. The standard InChI is InChI=1S/C14H23N3OS/c1-10(2)18-14-8-13(15-9-16-14)17-11-6-4-5-7-12(11)19-3/h8-12H,4-7H2,1-3H3,(H,15,16,17). The highest BCUT2D eigenvalue weighted by atomic mass is 32.2. The molecule has 2 rings (SSSR count). The molecule has 0 aromatic carbocycles. The Morgan fingerprint density at radius 3 is 2.84 bits per heavy atom. The van der Waals surface area contributed by atoms with Crippen LogP contribution in [0.1, 0.15) is 39.5 Å². The molecule has 1 fully saturated rings. The minimum atomic E-state index is 0.136. The summed E-state index contributed by atoms with van der Waals surface area (Å²) in [5.74, 6) is 1.51. The van der Waals surface area contributed by atoms with Crippen LogP contribution in [0, 0.1) is 0 Å². The number of aromatic nitrogens is 2. The molecule has 1 aliphatic rings. The molecule has 0 radical (unpaired) electrons. The lowest BCUT2D eigenvalue weighted by molar-refractivity contribution is 0.232. The number of thioether (sulfide) groups is 1. The van der Waals surface area contributed by atoms with Crippen LogP contribution in [-0.2, 0) is 0 Å². The zero-order valence-corrected chi connectivity index (χ0v) is 12.7. The Morgan fingerprint density at radius 2 is 2.11 bits per heavy atom. The van der Waals surface area contributed by atoms with Crippen LogP contribution in [0.3, 0.4) is 0 Å². The monoisotopic (exact) mass is 281 g/mol. The van der Waals surface area contributed by atoms with Crippen LogP contribution < -0.4 is 10.1 Å². The first-order chi connectivity index (χ1) is 9.19. The van der Waals surface area contributed by atoms with E-state index >= 15 is 0 Å². The molecule has 4 nitrogen and oxygen atoms in total. The Hall–Kier alpha value is -0.970. The van der Waals surface area contributed by atoms with Gasteiger partial charge >= 0.3 is 0 Å². The fourth-order valence-electron chi connectivity index (χ4n) is 2.46. The number of rotatable bonds is 5. The minimum absolute atomic E-state index is 0.136. The van der Waals surface area contributed by atoms with Crippen LogP contribution in [0.25, 0.3) is 0 Å². The molecular formula is C14H23N3OS. The molecule has 0 amide bonds. The van der Waals surface area contributed by atoms with E-state index in [1.165, 1.54) is 25.7 Å². The molecular weight excluding hydrogens is 258 g/mol. The van der Waals surface area contributed by atoms with Gasteiger partial charge in [0.05, 0.1) is 6.10 Å². The fraction of sp³-hybridized carbons (Fsp3) is 0.714. The van der Waals surface area contributed by atoms with Crippen LogP contribution in [0.15, 0.2) is 12.4 Å². The zero-order valence-electron chi connectivity index (χ0n) is 11.9. The molecule has 1 heterocycles. The minimum Gasteiger partial charge on any atom is -0.475 e. The predicted molar refractivity (Wildman–Crippen MR) is 81.0 cm³/mol. The van der Waals surface area contributed by atoms with Crippen LogP contribution >= 0.6 is 11.8 Å². The van der Waals surface area contributed by atoms with Crippen molar-refractivity contribution in [3.05, 3.63) is 12.4 Å². The number of nitrogens with zero attached hydrogens (tertiary/aromatic N) is 2. The number of hydrogen-bond donors (Lipinski definition) is 1. The Balaban J connectivity index is 2.01. The topological polar surface area (TPSA) is 47.0 Å². The number of nitrogens with one attached hydrogen (secondary N) is 1. The molecule has 1 N–H and O–H groups in total. The Morgan fingerprint density at radius 1 is 1.32 bits per heavy atom. The first-order valence-corrected chi connectivity index (χ1v) is 8.26. The van der Waals surface area contributed by atoms with Gasteiger partial charge < -0.3 is 10.1 Å². The summed E-state index contributed by atoms with van der Waals surface area (Å²) in [6.07, 6.45) is 9.05. The van der Waals surface area contributed by atoms with Gasteiger partial charge in [0.25, 0.3) is 0 Å². The third kappa shape index (κ3) is 4.27. The highest BCUT2D eigenvalue weighted by molar-refractivity contribution is 7.99. The van der Waals surface area contributed by atoms with Gasteiger partial charge in [0.2, 0.25) is 5.88 Å². The lowest BCUT2D eigenvalue weighted by atomic mass is 9.95. The number of anilines is 1. The molecule has 1 aromatic heterocycles. The summed E-state index contributed by atoms with van der Waals surface area (Å²) in [4.78, 5) is 8.43. The van der Waals surface area contributed by atoms with Crippen molar-refractivity contribution in [3.63, 3.8) is 0 Å². The molecule has 19 heavy (non-hydrogen) atoms. The molecule has 2 unspecified atom stereocenters. The third-order valence-corrected chi connectivity index (χ3v) is 4.51. The van der Waals surface area contributed by atoms with Crippen molar-refractivity contribution in [3.8, 4) is 5.88 Å². The average molecular weight is 281 g/mol. The Bertz CT molecular complexity index is 400. The van der Waals surface area contributed by atoms with E-state index in [1.807, 2.05) is 31.7 Å². The van der Waals surface area contributed by atoms with E-state index in [9.17, 15) is 0 Å². The van der Waals surface area contributed by atoms with Gasteiger partial charge in [-0.05, 0) is 32.9 Å². The van der Waals surface area contributed by atoms with Crippen LogP contribution in [-0.4, -0.2) is 33.6 Å². The third-order valence-electron chi connectivity index (χ3n) is 3.34. The first kappa shape index (κ1) is 14.4. The summed E-state index contributed by atoms with van der Waals surface area (Å²) in [5.41, 5.74) is 0. The van der Waals surface area contributed by atoms with Gasteiger partial charge in [0.15, 0.2) is 0 Å². The van der Waals surface area contributed by atoms with Crippen LogP contribution in [0.2, 0.25) is 0 Å². The highest BCUT2D eigenvalue weighted by Gasteiger charge is 2.24. The van der Waals surface area contributed by atoms with Crippen molar-refractivity contribution in [2.45, 2.75) is 56.9 Å². The summed E-state index contributed by atoms with van der Waals surface area (Å²) >= 11 is 1.95. The highest BCUT2D eigenvalue weighted by Crippen LogP contribution is 2.29. The smallest absolute Gasteiger partial charge is 0.218 e. The summed E-state index contributed by atoms with van der Waals surface area (Å²) in [7, 11) is 0. The van der Waals surface area contributed by atoms with Crippen LogP contribution in [0.5, 0.6) is 5.88 Å². The van der Waals surface area contributed by atoms with Crippen molar-refractivity contribution in [1.29, 1.82) is 0 Å². The summed E-state index contributed by atoms with van der Waals surface area (Å²) in [6, 6.07) is 2.40. The van der Waals surface area contributed by atoms with Gasteiger partial charge in [-0.15, -0.1) is 0 Å². The second-order valence-corrected chi connectivity index (χ2v) is 6.29. The normalized spacial score (nSPS) is 23.4. The largest absolute Gasteiger partial charge is 0.475 e. The molecule has 1 aromatic rings. The van der Waals surface area contributed by atoms with E-state index in [0.717, 1.165) is 5.82 Å². The van der Waals surface area contributed by atoms with Crippen LogP contribution in [0.4, 0.5) is 5.82 Å². The van der Waals surface area contributed by atoms with E-state index in [4.69, 9.17) is 4.74 Å². The van der Waals surface area contributed by atoms with E-state index in [-0.39, 0.29) is 6.10 Å². The van der Waals surface area contributed by atoms with Crippen molar-refractivity contribution < 1.29 is 4.74 Å². The maximum atomic E-state index is 5.60. The lowest BCUT2D eigenvalue weighted by Gasteiger charge is -2.31. The zero-order chi connectivity index (χ0) is 13.7. The van der Waals surface area contributed by atoms with Gasteiger partial charge in [-0.25, -0.2) is 9.97 Å². The molecule has 2 atom stereocenters. The quantitative estimate of drug-likeness (QED) is 0.897. The second kappa shape index (κ2) is 6.98. The summed E-state index contributed by atoms with van der Waals surface area (Å²) in [5, 5.41) is 4.22. The molecule has 0 bridgehead atoms. The fourth-order valence-corrected chi connectivity index (χ4v) is 3.39. The molecule has 1 aliphatic carbocycles. The summed E-state index contributed by atoms with van der Waals surface area (Å²) < 4.78 is 5.60. The number of ether oxygens (including phenoxy) is 1. The van der Waals surface area contributed by atoms with E-state index < -0.39 is 0 Å². The maximum absolute atomic E-state index is 5.60. The van der Waals surface area contributed by atoms with Crippen molar-refractivity contribution >= 4 is 17.6 Å². The Kier molecular flexibility index (Phi) is 5.31. The molecule has 5 heteroatoms. The van der Waals surface area contributed by atoms with Gasteiger partial charge in [0.1, 0.15) is 12.1 Å². The van der Waals surface area contributed by atoms with Gasteiger partial charge in [-0.2, -0.15) is 11.8 Å². The number of hydrogen-bond acceptors (Lipinski definition) is 5. The van der Waals surface area contributed by atoms with E-state index in [0.29, 0.717) is 17.2 Å². The average Bonchev–Trinajstić information content (AvgIpc) is 2.39. The van der Waals surface area contributed by atoms with Gasteiger partial charge in [0, 0.05) is 17.4 Å². The van der Waals surface area contributed by atoms with E-state index in [1.54, 1.807) is 6.33 Å². The first-order valence-electron chi connectivity index (χ1n) is 6.97. The second-order valence-electron chi connectivity index (χ2n) is 5.22. The van der Waals surface area contributed by atoms with Gasteiger partial charge in [-0.1, -0.05) is 12.8 Å². The van der Waals surface area contributed by atoms with Crippen molar-refractivity contribution in [2.24, 2.45) is 0 Å². The molecule has 0 spiro atoms. The predicted octanol–water partition coefficient (Wildman–Crippen LogP) is 3.35. The molecule has 0 aliphatic heterocycles. The molecule has 0 saturated heterocycles. The lowest BCUT2D eigenvalue weighted by Crippen LogP contribution is -2.34. The molecule has 106 valence electrons. The Labute approximate surface area is 119 Å². The van der Waals surface area contributed by atoms with E-state index in [2.05, 4.69) is 21.5 Å². The maximum Gasteiger partial charge on any atom is 0.218 e. The molecule has 1 saturated carbocycles. The van der Waals surface area contributed by atoms with Crippen molar-refractivity contribution in [2.75, 3.05) is 11.6 Å². The van der Waals surface area contributed by atoms with Gasteiger partial charge in [-0.3, -0.25) is 0 Å². The van der Waals surface area contributed by atoms with Crippen molar-refractivity contribution in [1.82, 2.24) is 9.97 Å².